The molecule has 27 heavy (non-hydrogen) atoms. The Morgan fingerprint density at radius 2 is 1.33 bits per heavy atom. The van der Waals surface area contributed by atoms with Gasteiger partial charge >= 0.3 is 0 Å². The lowest BCUT2D eigenvalue weighted by molar-refractivity contribution is 0.484. The third kappa shape index (κ3) is 7.63. The van der Waals surface area contributed by atoms with Crippen LogP contribution in [0.5, 0.6) is 0 Å². The van der Waals surface area contributed by atoms with Gasteiger partial charge in [-0.15, -0.1) is 0 Å². The first-order valence-electron chi connectivity index (χ1n) is 10.5. The number of hydrogen-bond acceptors (Lipinski definition) is 2. The molecule has 4 heteroatoms. The normalized spacial score (nSPS) is 11.9. The summed E-state index contributed by atoms with van der Waals surface area (Å²) in [6.07, 6.45) is 15.1. The molecule has 0 aliphatic heterocycles. The van der Waals surface area contributed by atoms with E-state index in [2.05, 4.69) is 6.92 Å². The van der Waals surface area contributed by atoms with Crippen molar-refractivity contribution in [1.29, 1.82) is 0 Å². The molecule has 0 atom stereocenters. The van der Waals surface area contributed by atoms with Gasteiger partial charge in [0.25, 0.3) is 10.1 Å². The molecule has 0 unspecified atom stereocenters. The first-order chi connectivity index (χ1) is 13.0. The molecule has 0 radical (unpaired) electrons. The highest BCUT2D eigenvalue weighted by Gasteiger charge is 2.15. The molecule has 0 bridgehead atoms. The molecule has 0 saturated carbocycles. The second-order valence-electron chi connectivity index (χ2n) is 7.58. The van der Waals surface area contributed by atoms with Crippen molar-refractivity contribution in [3.8, 4) is 0 Å². The number of aryl methyl sites for hydroxylation is 1. The van der Waals surface area contributed by atoms with Crippen molar-refractivity contribution in [3.05, 3.63) is 42.0 Å². The SMILES string of the molecule is CCCCCCCCCCCCCc1cc(S(=O)(=O)O)c2ccccc2c1. The van der Waals surface area contributed by atoms with Crippen LogP contribution >= 0.6 is 0 Å². The van der Waals surface area contributed by atoms with Gasteiger partial charge in [0, 0.05) is 5.39 Å². The van der Waals surface area contributed by atoms with E-state index in [0.29, 0.717) is 5.39 Å². The minimum absolute atomic E-state index is 0.0265. The fraction of sp³-hybridized carbons (Fsp3) is 0.565. The van der Waals surface area contributed by atoms with Crippen LogP contribution in [0.15, 0.2) is 41.3 Å². The van der Waals surface area contributed by atoms with Gasteiger partial charge < -0.3 is 0 Å². The van der Waals surface area contributed by atoms with Gasteiger partial charge in [-0.1, -0.05) is 101 Å². The lowest BCUT2D eigenvalue weighted by Crippen LogP contribution is -2.01. The van der Waals surface area contributed by atoms with Gasteiger partial charge in [-0.25, -0.2) is 0 Å². The Kier molecular flexibility index (Phi) is 9.29. The minimum Gasteiger partial charge on any atom is -0.282 e. The Labute approximate surface area is 164 Å². The average molecular weight is 391 g/mol. The number of unbranched alkanes of at least 4 members (excludes halogenated alkanes) is 10. The van der Waals surface area contributed by atoms with Crippen LogP contribution in [-0.4, -0.2) is 13.0 Å². The van der Waals surface area contributed by atoms with E-state index >= 15 is 0 Å². The van der Waals surface area contributed by atoms with Gasteiger partial charge in [0.05, 0.1) is 0 Å². The van der Waals surface area contributed by atoms with Crippen molar-refractivity contribution < 1.29 is 13.0 Å². The maximum atomic E-state index is 11.7. The molecular formula is C23H34O3S. The average Bonchev–Trinajstić information content (AvgIpc) is 2.64. The van der Waals surface area contributed by atoms with Crippen LogP contribution in [0.3, 0.4) is 0 Å². The van der Waals surface area contributed by atoms with E-state index in [0.717, 1.165) is 23.8 Å². The van der Waals surface area contributed by atoms with E-state index < -0.39 is 10.1 Å². The zero-order valence-electron chi connectivity index (χ0n) is 16.6. The van der Waals surface area contributed by atoms with Gasteiger partial charge in [0.15, 0.2) is 0 Å². The standard InChI is InChI=1S/C23H34O3S/c1-2-3-4-5-6-7-8-9-10-11-12-15-20-18-21-16-13-14-17-22(21)23(19-20)27(24,25)26/h13-14,16-19H,2-12,15H2,1H3,(H,24,25,26). The number of fused-ring (bicyclic) bond motifs is 1. The summed E-state index contributed by atoms with van der Waals surface area (Å²) in [5.74, 6) is 0. The van der Waals surface area contributed by atoms with Gasteiger partial charge in [0.1, 0.15) is 4.90 Å². The maximum absolute atomic E-state index is 11.7. The van der Waals surface area contributed by atoms with E-state index in [-0.39, 0.29) is 4.90 Å². The summed E-state index contributed by atoms with van der Waals surface area (Å²) >= 11 is 0. The summed E-state index contributed by atoms with van der Waals surface area (Å²) in [5, 5.41) is 1.45. The number of benzene rings is 2. The van der Waals surface area contributed by atoms with Gasteiger partial charge in [-0.2, -0.15) is 8.42 Å². The summed E-state index contributed by atoms with van der Waals surface area (Å²) in [7, 11) is -4.21. The van der Waals surface area contributed by atoms with E-state index in [4.69, 9.17) is 0 Å². The zero-order chi connectivity index (χ0) is 19.5. The second kappa shape index (κ2) is 11.5. The van der Waals surface area contributed by atoms with Crippen LogP contribution in [0.2, 0.25) is 0 Å². The molecule has 0 aliphatic rings. The summed E-state index contributed by atoms with van der Waals surface area (Å²) in [6, 6.07) is 11.0. The molecule has 2 aromatic carbocycles. The minimum atomic E-state index is -4.21. The molecule has 2 rings (SSSR count). The summed E-state index contributed by atoms with van der Waals surface area (Å²) in [4.78, 5) is 0.0265. The first-order valence-corrected chi connectivity index (χ1v) is 12.0. The third-order valence-electron chi connectivity index (χ3n) is 5.23. The van der Waals surface area contributed by atoms with Crippen LogP contribution in [0.1, 0.15) is 83.1 Å². The molecule has 0 fully saturated rings. The predicted molar refractivity (Wildman–Crippen MR) is 114 cm³/mol. The van der Waals surface area contributed by atoms with Crippen LogP contribution < -0.4 is 0 Å². The smallest absolute Gasteiger partial charge is 0.282 e. The molecule has 1 N–H and O–H groups in total. The van der Waals surface area contributed by atoms with Crippen molar-refractivity contribution in [2.45, 2.75) is 88.9 Å². The van der Waals surface area contributed by atoms with Crippen LogP contribution in [0.25, 0.3) is 10.8 Å². The van der Waals surface area contributed by atoms with Crippen molar-refractivity contribution in [2.24, 2.45) is 0 Å². The van der Waals surface area contributed by atoms with Gasteiger partial charge in [0.2, 0.25) is 0 Å². The summed E-state index contributed by atoms with van der Waals surface area (Å²) in [6.45, 7) is 2.25. The molecule has 2 aromatic rings. The highest BCUT2D eigenvalue weighted by atomic mass is 32.2. The van der Waals surface area contributed by atoms with E-state index in [9.17, 15) is 13.0 Å². The monoisotopic (exact) mass is 390 g/mol. The molecule has 0 amide bonds. The second-order valence-corrected chi connectivity index (χ2v) is 8.97. The fourth-order valence-corrected chi connectivity index (χ4v) is 4.45. The van der Waals surface area contributed by atoms with Gasteiger partial charge in [-0.3, -0.25) is 4.55 Å². The maximum Gasteiger partial charge on any atom is 0.295 e. The molecule has 150 valence electrons. The Balaban J connectivity index is 1.74. The Morgan fingerprint density at radius 3 is 1.93 bits per heavy atom. The largest absolute Gasteiger partial charge is 0.295 e. The Bertz CT molecular complexity index is 796. The summed E-state index contributed by atoms with van der Waals surface area (Å²) < 4.78 is 33.0. The lowest BCUT2D eigenvalue weighted by atomic mass is 10.0. The van der Waals surface area contributed by atoms with Crippen molar-refractivity contribution >= 4 is 20.9 Å². The fourth-order valence-electron chi connectivity index (χ4n) is 3.69. The zero-order valence-corrected chi connectivity index (χ0v) is 17.4. The third-order valence-corrected chi connectivity index (χ3v) is 6.12. The van der Waals surface area contributed by atoms with E-state index in [1.165, 1.54) is 64.2 Å². The molecular weight excluding hydrogens is 356 g/mol. The summed E-state index contributed by atoms with van der Waals surface area (Å²) in [5.41, 5.74) is 0.984. The highest BCUT2D eigenvalue weighted by Crippen LogP contribution is 2.26. The quantitative estimate of drug-likeness (QED) is 0.298. The molecule has 0 heterocycles. The van der Waals surface area contributed by atoms with Gasteiger partial charge in [-0.05, 0) is 29.9 Å². The van der Waals surface area contributed by atoms with Crippen LogP contribution in [-0.2, 0) is 16.5 Å². The Hall–Kier alpha value is -1.39. The topological polar surface area (TPSA) is 54.4 Å². The van der Waals surface area contributed by atoms with Crippen molar-refractivity contribution in [1.82, 2.24) is 0 Å². The van der Waals surface area contributed by atoms with Crippen molar-refractivity contribution in [3.63, 3.8) is 0 Å². The molecule has 0 saturated heterocycles. The molecule has 0 aromatic heterocycles. The van der Waals surface area contributed by atoms with E-state index in [1.54, 1.807) is 18.2 Å². The number of rotatable bonds is 13. The predicted octanol–water partition coefficient (Wildman–Crippen LogP) is 6.94. The number of hydrogen-bond donors (Lipinski definition) is 1. The Morgan fingerprint density at radius 1 is 0.778 bits per heavy atom. The van der Waals surface area contributed by atoms with Crippen molar-refractivity contribution in [2.75, 3.05) is 0 Å². The molecule has 0 spiro atoms. The first kappa shape index (κ1) is 21.9. The van der Waals surface area contributed by atoms with Crippen LogP contribution in [0, 0.1) is 0 Å². The molecule has 0 aliphatic carbocycles. The van der Waals surface area contributed by atoms with Crippen LogP contribution in [0.4, 0.5) is 0 Å². The highest BCUT2D eigenvalue weighted by molar-refractivity contribution is 7.86. The van der Waals surface area contributed by atoms with E-state index in [1.807, 2.05) is 18.2 Å². The lowest BCUT2D eigenvalue weighted by Gasteiger charge is -2.08. The molecule has 3 nitrogen and oxygen atoms in total.